The van der Waals surface area contributed by atoms with Gasteiger partial charge in [-0.05, 0) is 54.8 Å². The Bertz CT molecular complexity index is 848. The normalized spacial score (nSPS) is 21.4. The maximum Gasteiger partial charge on any atom is 0.203 e. The summed E-state index contributed by atoms with van der Waals surface area (Å²) in [6, 6.07) is 8.22. The summed E-state index contributed by atoms with van der Waals surface area (Å²) in [7, 11) is 7.11. The molecule has 138 valence electrons. The zero-order valence-corrected chi connectivity index (χ0v) is 15.7. The third kappa shape index (κ3) is 2.42. The SMILES string of the molecule is COc1cc2c(c(OC)c1OC)CN(C)[C@@H]1CCc3ccc(O)cc3[C@@H]21. The van der Waals surface area contributed by atoms with Gasteiger partial charge in [-0.25, -0.2) is 0 Å². The van der Waals surface area contributed by atoms with Crippen molar-refractivity contribution >= 4 is 0 Å². The van der Waals surface area contributed by atoms with Crippen LogP contribution < -0.4 is 14.2 Å². The van der Waals surface area contributed by atoms with E-state index < -0.39 is 0 Å². The van der Waals surface area contributed by atoms with Gasteiger partial charge in [0.1, 0.15) is 5.75 Å². The molecule has 2 aromatic rings. The van der Waals surface area contributed by atoms with E-state index in [1.54, 1.807) is 27.4 Å². The summed E-state index contributed by atoms with van der Waals surface area (Å²) in [5.74, 6) is 2.53. The Hall–Kier alpha value is -2.40. The summed E-state index contributed by atoms with van der Waals surface area (Å²) in [4.78, 5) is 2.38. The van der Waals surface area contributed by atoms with Gasteiger partial charge >= 0.3 is 0 Å². The highest BCUT2D eigenvalue weighted by atomic mass is 16.5. The number of fused-ring (bicyclic) bond motifs is 5. The Morgan fingerprint density at radius 3 is 2.46 bits per heavy atom. The van der Waals surface area contributed by atoms with Crippen molar-refractivity contribution in [2.24, 2.45) is 0 Å². The first-order valence-electron chi connectivity index (χ1n) is 8.92. The third-order valence-electron chi connectivity index (χ3n) is 5.83. The average Bonchev–Trinajstić information content (AvgIpc) is 2.66. The molecular weight excluding hydrogens is 330 g/mol. The molecule has 1 aliphatic carbocycles. The van der Waals surface area contributed by atoms with Gasteiger partial charge in [-0.1, -0.05) is 6.07 Å². The number of likely N-dealkylation sites (N-methyl/N-ethyl adjacent to an activating group) is 1. The lowest BCUT2D eigenvalue weighted by Gasteiger charge is -2.45. The van der Waals surface area contributed by atoms with E-state index in [-0.39, 0.29) is 5.92 Å². The summed E-state index contributed by atoms with van der Waals surface area (Å²) in [6.07, 6.45) is 2.12. The van der Waals surface area contributed by atoms with Crippen molar-refractivity contribution in [3.63, 3.8) is 0 Å². The molecular formula is C21H25NO4. The Kier molecular flexibility index (Phi) is 4.19. The molecule has 0 spiro atoms. The van der Waals surface area contributed by atoms with Crippen LogP contribution in [0.1, 0.15) is 34.6 Å². The molecule has 0 saturated heterocycles. The highest BCUT2D eigenvalue weighted by Gasteiger charge is 2.40. The lowest BCUT2D eigenvalue weighted by atomic mass is 9.71. The highest BCUT2D eigenvalue weighted by Crippen LogP contribution is 2.51. The van der Waals surface area contributed by atoms with Crippen LogP contribution in [-0.2, 0) is 13.0 Å². The van der Waals surface area contributed by atoms with E-state index in [1.165, 1.54) is 16.7 Å². The number of benzene rings is 2. The van der Waals surface area contributed by atoms with E-state index in [0.717, 1.165) is 30.7 Å². The zero-order valence-electron chi connectivity index (χ0n) is 15.7. The molecule has 1 heterocycles. The van der Waals surface area contributed by atoms with Crippen molar-refractivity contribution in [2.75, 3.05) is 28.4 Å². The third-order valence-corrected chi connectivity index (χ3v) is 5.83. The van der Waals surface area contributed by atoms with Crippen molar-refractivity contribution < 1.29 is 19.3 Å². The molecule has 2 aromatic carbocycles. The van der Waals surface area contributed by atoms with Gasteiger partial charge in [-0.2, -0.15) is 0 Å². The fraction of sp³-hybridized carbons (Fsp3) is 0.429. The Morgan fingerprint density at radius 1 is 1.00 bits per heavy atom. The van der Waals surface area contributed by atoms with E-state index in [1.807, 2.05) is 12.1 Å². The number of nitrogens with zero attached hydrogens (tertiary/aromatic N) is 1. The molecule has 0 amide bonds. The molecule has 0 saturated carbocycles. The van der Waals surface area contributed by atoms with Crippen molar-refractivity contribution in [1.29, 1.82) is 0 Å². The Balaban J connectivity index is 1.99. The minimum Gasteiger partial charge on any atom is -0.508 e. The lowest BCUT2D eigenvalue weighted by molar-refractivity contribution is 0.174. The van der Waals surface area contributed by atoms with Crippen LogP contribution in [0.4, 0.5) is 0 Å². The van der Waals surface area contributed by atoms with Gasteiger partial charge in [0.2, 0.25) is 5.75 Å². The number of rotatable bonds is 3. The molecule has 2 atom stereocenters. The first-order chi connectivity index (χ1) is 12.6. The van der Waals surface area contributed by atoms with Crippen LogP contribution in [0.3, 0.4) is 0 Å². The molecule has 1 aliphatic heterocycles. The predicted molar refractivity (Wildman–Crippen MR) is 99.6 cm³/mol. The Morgan fingerprint density at radius 2 is 1.77 bits per heavy atom. The maximum absolute atomic E-state index is 10.1. The molecule has 0 aromatic heterocycles. The predicted octanol–water partition coefficient (Wildman–Crippen LogP) is 3.31. The van der Waals surface area contributed by atoms with Gasteiger partial charge in [0.05, 0.1) is 21.3 Å². The molecule has 0 radical (unpaired) electrons. The Labute approximate surface area is 154 Å². The number of hydrogen-bond donors (Lipinski definition) is 1. The van der Waals surface area contributed by atoms with Gasteiger partial charge in [0, 0.05) is 24.1 Å². The molecule has 1 N–H and O–H groups in total. The van der Waals surface area contributed by atoms with Gasteiger partial charge in [-0.3, -0.25) is 4.90 Å². The molecule has 0 bridgehead atoms. The first kappa shape index (κ1) is 17.0. The van der Waals surface area contributed by atoms with Crippen molar-refractivity contribution in [3.05, 3.63) is 46.5 Å². The van der Waals surface area contributed by atoms with Gasteiger partial charge < -0.3 is 19.3 Å². The molecule has 0 fully saturated rings. The maximum atomic E-state index is 10.1. The van der Waals surface area contributed by atoms with Gasteiger partial charge in [0.25, 0.3) is 0 Å². The zero-order chi connectivity index (χ0) is 18.4. The second-order valence-electron chi connectivity index (χ2n) is 7.10. The average molecular weight is 355 g/mol. The van der Waals surface area contributed by atoms with Gasteiger partial charge in [-0.15, -0.1) is 0 Å². The van der Waals surface area contributed by atoms with Crippen LogP contribution in [0.2, 0.25) is 0 Å². The number of aryl methyl sites for hydroxylation is 1. The number of aromatic hydroxyl groups is 1. The molecule has 5 heteroatoms. The lowest BCUT2D eigenvalue weighted by Crippen LogP contribution is -2.44. The van der Waals surface area contributed by atoms with Crippen LogP contribution in [0, 0.1) is 0 Å². The number of ether oxygens (including phenoxy) is 3. The van der Waals surface area contributed by atoms with Crippen molar-refractivity contribution in [1.82, 2.24) is 4.90 Å². The quantitative estimate of drug-likeness (QED) is 0.915. The minimum atomic E-state index is 0.174. The van der Waals surface area contributed by atoms with Crippen LogP contribution in [0.25, 0.3) is 0 Å². The van der Waals surface area contributed by atoms with E-state index in [4.69, 9.17) is 14.2 Å². The van der Waals surface area contributed by atoms with Crippen LogP contribution in [0.5, 0.6) is 23.0 Å². The summed E-state index contributed by atoms with van der Waals surface area (Å²) in [5, 5.41) is 10.1. The fourth-order valence-electron chi connectivity index (χ4n) is 4.67. The van der Waals surface area contributed by atoms with Crippen LogP contribution in [0.15, 0.2) is 24.3 Å². The second-order valence-corrected chi connectivity index (χ2v) is 7.10. The number of hydrogen-bond acceptors (Lipinski definition) is 5. The summed E-state index contributed by atoms with van der Waals surface area (Å²) in [6.45, 7) is 0.800. The minimum absolute atomic E-state index is 0.174. The van der Waals surface area contributed by atoms with E-state index in [9.17, 15) is 5.11 Å². The largest absolute Gasteiger partial charge is 0.508 e. The van der Waals surface area contributed by atoms with E-state index >= 15 is 0 Å². The smallest absolute Gasteiger partial charge is 0.203 e. The van der Waals surface area contributed by atoms with Crippen molar-refractivity contribution in [3.8, 4) is 23.0 Å². The standard InChI is InChI=1S/C21H25NO4/c1-22-11-16-15(10-18(24-2)21(26-4)20(16)25-3)19-14-9-13(23)7-5-12(14)6-8-17(19)22/h5,7,9-10,17,19,23H,6,8,11H2,1-4H3/t17-,19+/m1/s1. The summed E-state index contributed by atoms with van der Waals surface area (Å²) in [5.41, 5.74) is 4.83. The van der Waals surface area contributed by atoms with E-state index in [2.05, 4.69) is 18.0 Å². The fourth-order valence-corrected chi connectivity index (χ4v) is 4.67. The monoisotopic (exact) mass is 355 g/mol. The molecule has 26 heavy (non-hydrogen) atoms. The topological polar surface area (TPSA) is 51.2 Å². The number of phenolic OH excluding ortho intramolecular Hbond substituents is 1. The van der Waals surface area contributed by atoms with Gasteiger partial charge in [0.15, 0.2) is 11.5 Å². The number of methoxy groups -OCH3 is 3. The summed E-state index contributed by atoms with van der Waals surface area (Å²) >= 11 is 0. The highest BCUT2D eigenvalue weighted by molar-refractivity contribution is 5.63. The van der Waals surface area contributed by atoms with Crippen LogP contribution >= 0.6 is 0 Å². The number of phenols is 1. The first-order valence-corrected chi connectivity index (χ1v) is 8.92. The molecule has 5 nitrogen and oxygen atoms in total. The van der Waals surface area contributed by atoms with Crippen LogP contribution in [-0.4, -0.2) is 44.4 Å². The summed E-state index contributed by atoms with van der Waals surface area (Å²) < 4.78 is 16.9. The molecule has 4 rings (SSSR count). The van der Waals surface area contributed by atoms with E-state index in [0.29, 0.717) is 23.3 Å². The molecule has 2 aliphatic rings. The molecule has 0 unspecified atom stereocenters. The second kappa shape index (κ2) is 6.40. The van der Waals surface area contributed by atoms with Crippen molar-refractivity contribution in [2.45, 2.75) is 31.3 Å².